The zero-order chi connectivity index (χ0) is 19.1. The van der Waals surface area contributed by atoms with E-state index in [4.69, 9.17) is 4.98 Å². The zero-order valence-corrected chi connectivity index (χ0v) is 16.6. The Kier molecular flexibility index (Phi) is 2.85. The van der Waals surface area contributed by atoms with Crippen LogP contribution in [0.4, 0.5) is 0 Å². The lowest BCUT2D eigenvalue weighted by Gasteiger charge is -2.11. The molecule has 7 aromatic rings. The lowest BCUT2D eigenvalue weighted by molar-refractivity contribution is 1.32. The summed E-state index contributed by atoms with van der Waals surface area (Å²) in [5.41, 5.74) is 5.77. The number of thiophene rings is 1. The first-order valence-electron chi connectivity index (χ1n) is 9.83. The van der Waals surface area contributed by atoms with Gasteiger partial charge in [0.2, 0.25) is 0 Å². The van der Waals surface area contributed by atoms with Crippen LogP contribution in [0, 0.1) is 6.92 Å². The Morgan fingerprint density at radius 1 is 0.724 bits per heavy atom. The van der Waals surface area contributed by atoms with Crippen LogP contribution >= 0.6 is 11.3 Å². The molecule has 7 rings (SSSR count). The molecule has 0 spiro atoms. The van der Waals surface area contributed by atoms with Gasteiger partial charge < -0.3 is 0 Å². The van der Waals surface area contributed by atoms with E-state index in [1.165, 1.54) is 52.9 Å². The van der Waals surface area contributed by atoms with E-state index in [9.17, 15) is 0 Å². The van der Waals surface area contributed by atoms with Gasteiger partial charge in [0.1, 0.15) is 5.65 Å². The molecule has 0 amide bonds. The summed E-state index contributed by atoms with van der Waals surface area (Å²) in [5.74, 6) is 0. The summed E-state index contributed by atoms with van der Waals surface area (Å²) in [7, 11) is 0. The molecular weight excluding hydrogens is 372 g/mol. The molecule has 4 aromatic carbocycles. The molecule has 2 nitrogen and oxygen atoms in total. The Balaban J connectivity index is 1.93. The molecule has 29 heavy (non-hydrogen) atoms. The van der Waals surface area contributed by atoms with Gasteiger partial charge in [-0.2, -0.15) is 0 Å². The molecule has 0 radical (unpaired) electrons. The van der Waals surface area contributed by atoms with Crippen LogP contribution in [-0.2, 0) is 0 Å². The average molecular weight is 388 g/mol. The number of aromatic nitrogens is 2. The van der Waals surface area contributed by atoms with Crippen LogP contribution in [0.5, 0.6) is 0 Å². The number of rotatable bonds is 0. The quantitative estimate of drug-likeness (QED) is 0.246. The summed E-state index contributed by atoms with van der Waals surface area (Å²) < 4.78 is 5.04. The normalized spacial score (nSPS) is 12.3. The van der Waals surface area contributed by atoms with Gasteiger partial charge in [0.05, 0.1) is 16.6 Å². The summed E-state index contributed by atoms with van der Waals surface area (Å²) in [4.78, 5) is 5.07. The van der Waals surface area contributed by atoms with Crippen molar-refractivity contribution < 1.29 is 0 Å². The number of hydrogen-bond donors (Lipinski definition) is 0. The van der Waals surface area contributed by atoms with Crippen molar-refractivity contribution in [1.82, 2.24) is 9.38 Å². The lowest BCUT2D eigenvalue weighted by atomic mass is 10.0. The Morgan fingerprint density at radius 2 is 1.55 bits per heavy atom. The van der Waals surface area contributed by atoms with E-state index in [2.05, 4.69) is 90.2 Å². The topological polar surface area (TPSA) is 17.3 Å². The number of nitrogens with zero attached hydrogens (tertiary/aromatic N) is 2. The second-order valence-corrected chi connectivity index (χ2v) is 8.83. The first-order valence-corrected chi connectivity index (χ1v) is 10.6. The predicted molar refractivity (Wildman–Crippen MR) is 125 cm³/mol. The van der Waals surface area contributed by atoms with Crippen molar-refractivity contribution in [2.75, 3.05) is 0 Å². The molecule has 0 atom stereocenters. The van der Waals surface area contributed by atoms with Gasteiger partial charge >= 0.3 is 0 Å². The Morgan fingerprint density at radius 3 is 2.52 bits per heavy atom. The molecule has 3 heterocycles. The van der Waals surface area contributed by atoms with E-state index in [-0.39, 0.29) is 0 Å². The minimum Gasteiger partial charge on any atom is -0.291 e. The molecule has 136 valence electrons. The summed E-state index contributed by atoms with van der Waals surface area (Å²) in [5, 5.41) is 6.42. The number of imidazole rings is 1. The highest BCUT2D eigenvalue weighted by Gasteiger charge is 2.17. The van der Waals surface area contributed by atoms with Gasteiger partial charge in [-0.3, -0.25) is 4.40 Å². The largest absolute Gasteiger partial charge is 0.291 e. The SMILES string of the molecule is Cc1ccc2c(c1)c1nc3ccccc3n1c1c2ccc2sc3ccccc3c21. The molecular formula is C26H16N2S. The Hall–Kier alpha value is -3.43. The molecule has 0 aliphatic carbocycles. The van der Waals surface area contributed by atoms with Crippen LogP contribution in [-0.4, -0.2) is 9.38 Å². The third kappa shape index (κ3) is 1.93. The molecule has 0 saturated carbocycles. The maximum absolute atomic E-state index is 5.07. The first-order chi connectivity index (χ1) is 14.3. The van der Waals surface area contributed by atoms with Crippen molar-refractivity contribution >= 4 is 69.9 Å². The van der Waals surface area contributed by atoms with Crippen molar-refractivity contribution in [2.24, 2.45) is 0 Å². The fourth-order valence-electron chi connectivity index (χ4n) is 4.76. The lowest BCUT2D eigenvalue weighted by Crippen LogP contribution is -1.92. The van der Waals surface area contributed by atoms with Crippen LogP contribution in [0.3, 0.4) is 0 Å². The molecule has 0 aliphatic rings. The fourth-order valence-corrected chi connectivity index (χ4v) is 5.87. The van der Waals surface area contributed by atoms with Crippen molar-refractivity contribution in [3.8, 4) is 0 Å². The fraction of sp³-hybridized carbons (Fsp3) is 0.0385. The maximum atomic E-state index is 5.07. The smallest absolute Gasteiger partial charge is 0.146 e. The molecule has 0 saturated heterocycles. The van der Waals surface area contributed by atoms with Crippen LogP contribution in [0.2, 0.25) is 0 Å². The molecule has 0 fully saturated rings. The standard InChI is InChI=1S/C26H16N2S/c1-15-10-11-16-17-12-13-23-24(18-6-2-5-9-22(18)29-23)25(17)28-21-8-4-3-7-20(21)27-26(28)19(16)14-15/h2-14H,1H3. The number of fused-ring (bicyclic) bond motifs is 12. The van der Waals surface area contributed by atoms with Crippen LogP contribution in [0.1, 0.15) is 5.56 Å². The second kappa shape index (κ2) is 5.34. The summed E-state index contributed by atoms with van der Waals surface area (Å²) in [6.45, 7) is 2.15. The molecule has 3 aromatic heterocycles. The van der Waals surface area contributed by atoms with Crippen molar-refractivity contribution in [2.45, 2.75) is 6.92 Å². The number of para-hydroxylation sites is 2. The van der Waals surface area contributed by atoms with Gasteiger partial charge in [-0.1, -0.05) is 54.1 Å². The Bertz CT molecular complexity index is 1770. The molecule has 0 bridgehead atoms. The van der Waals surface area contributed by atoms with Crippen molar-refractivity contribution in [1.29, 1.82) is 0 Å². The van der Waals surface area contributed by atoms with Gasteiger partial charge in [-0.15, -0.1) is 11.3 Å². The predicted octanol–water partition coefficient (Wildman–Crippen LogP) is 7.47. The van der Waals surface area contributed by atoms with Gasteiger partial charge in [-0.25, -0.2) is 4.98 Å². The average Bonchev–Trinajstić information content (AvgIpc) is 3.32. The van der Waals surface area contributed by atoms with Crippen molar-refractivity contribution in [3.63, 3.8) is 0 Å². The van der Waals surface area contributed by atoms with Crippen LogP contribution in [0.15, 0.2) is 78.9 Å². The molecule has 0 aliphatic heterocycles. The third-order valence-electron chi connectivity index (χ3n) is 6.01. The van der Waals surface area contributed by atoms with Crippen LogP contribution < -0.4 is 0 Å². The Labute approximate surface area is 170 Å². The highest BCUT2D eigenvalue weighted by molar-refractivity contribution is 7.26. The van der Waals surface area contributed by atoms with Gasteiger partial charge in [0.15, 0.2) is 0 Å². The number of aryl methyl sites for hydroxylation is 1. The van der Waals surface area contributed by atoms with E-state index >= 15 is 0 Å². The first kappa shape index (κ1) is 15.5. The molecule has 3 heteroatoms. The monoisotopic (exact) mass is 388 g/mol. The summed E-state index contributed by atoms with van der Waals surface area (Å²) in [6, 6.07) is 28.5. The zero-order valence-electron chi connectivity index (χ0n) is 15.8. The second-order valence-electron chi connectivity index (χ2n) is 7.74. The third-order valence-corrected chi connectivity index (χ3v) is 7.14. The van der Waals surface area contributed by atoms with E-state index in [0.29, 0.717) is 0 Å². The van der Waals surface area contributed by atoms with Gasteiger partial charge in [0.25, 0.3) is 0 Å². The number of benzene rings is 4. The van der Waals surface area contributed by atoms with Crippen molar-refractivity contribution in [3.05, 3.63) is 84.4 Å². The number of hydrogen-bond acceptors (Lipinski definition) is 2. The highest BCUT2D eigenvalue weighted by atomic mass is 32.1. The van der Waals surface area contributed by atoms with Crippen LogP contribution in [0.25, 0.3) is 58.5 Å². The van der Waals surface area contributed by atoms with E-state index in [1.807, 2.05) is 11.3 Å². The maximum Gasteiger partial charge on any atom is 0.146 e. The van der Waals surface area contributed by atoms with Gasteiger partial charge in [-0.05, 0) is 42.6 Å². The number of pyridine rings is 1. The van der Waals surface area contributed by atoms with E-state index < -0.39 is 0 Å². The molecule has 0 unspecified atom stereocenters. The highest BCUT2D eigenvalue weighted by Crippen LogP contribution is 2.42. The van der Waals surface area contributed by atoms with E-state index in [1.54, 1.807) is 0 Å². The summed E-state index contributed by atoms with van der Waals surface area (Å²) in [6.07, 6.45) is 0. The summed E-state index contributed by atoms with van der Waals surface area (Å²) >= 11 is 1.87. The minimum absolute atomic E-state index is 1.04. The molecule has 0 N–H and O–H groups in total. The van der Waals surface area contributed by atoms with Gasteiger partial charge in [0, 0.05) is 30.9 Å². The minimum atomic E-state index is 1.04. The van der Waals surface area contributed by atoms with E-state index in [0.717, 1.165) is 11.2 Å².